The number of rotatable bonds is 4. The van der Waals surface area contributed by atoms with Gasteiger partial charge in [-0.2, -0.15) is 0 Å². The molecule has 0 spiro atoms. The first-order valence-corrected chi connectivity index (χ1v) is 3.69. The number of nitrogens with zero attached hydrogens (tertiary/aromatic N) is 1. The largest absolute Gasteiger partial charge is 0.395 e. The third kappa shape index (κ3) is 3.18. The molecule has 0 bridgehead atoms. The normalized spacial score (nSPS) is 9.36. The molecule has 64 valence electrons. The first-order chi connectivity index (χ1) is 5.13. The number of hydrogen-bond acceptors (Lipinski definition) is 2. The van der Waals surface area contributed by atoms with Crippen LogP contribution in [0.4, 0.5) is 0 Å². The molecule has 0 aromatic carbocycles. The summed E-state index contributed by atoms with van der Waals surface area (Å²) in [6.45, 7) is 8.09. The minimum atomic E-state index is -0.0819. The SMILES string of the molecule is C=C(C)C(=O)N(CC)CCO. The summed E-state index contributed by atoms with van der Waals surface area (Å²) in [5.41, 5.74) is 0.514. The Kier molecular flexibility index (Phi) is 4.54. The van der Waals surface area contributed by atoms with Crippen molar-refractivity contribution in [1.29, 1.82) is 0 Å². The van der Waals surface area contributed by atoms with E-state index in [1.54, 1.807) is 11.8 Å². The predicted molar refractivity (Wildman–Crippen MR) is 44.2 cm³/mol. The van der Waals surface area contributed by atoms with Gasteiger partial charge in [0.05, 0.1) is 6.61 Å². The van der Waals surface area contributed by atoms with Gasteiger partial charge in [-0.1, -0.05) is 6.58 Å². The van der Waals surface area contributed by atoms with E-state index < -0.39 is 0 Å². The second kappa shape index (κ2) is 4.91. The van der Waals surface area contributed by atoms with Gasteiger partial charge >= 0.3 is 0 Å². The summed E-state index contributed by atoms with van der Waals surface area (Å²) in [6, 6.07) is 0. The summed E-state index contributed by atoms with van der Waals surface area (Å²) in [6.07, 6.45) is 0. The second-order valence-corrected chi connectivity index (χ2v) is 2.39. The van der Waals surface area contributed by atoms with E-state index in [1.165, 1.54) is 0 Å². The molecule has 3 nitrogen and oxygen atoms in total. The number of hydrogen-bond donors (Lipinski definition) is 1. The summed E-state index contributed by atoms with van der Waals surface area (Å²) >= 11 is 0. The maximum absolute atomic E-state index is 11.2. The van der Waals surface area contributed by atoms with Gasteiger partial charge in [0.15, 0.2) is 0 Å². The highest BCUT2D eigenvalue weighted by molar-refractivity contribution is 5.92. The van der Waals surface area contributed by atoms with Gasteiger partial charge < -0.3 is 10.0 Å². The Balaban J connectivity index is 4.02. The molecule has 0 aromatic heterocycles. The van der Waals surface area contributed by atoms with E-state index in [-0.39, 0.29) is 12.5 Å². The highest BCUT2D eigenvalue weighted by Crippen LogP contribution is 1.96. The van der Waals surface area contributed by atoms with Crippen molar-refractivity contribution in [3.05, 3.63) is 12.2 Å². The van der Waals surface area contributed by atoms with Gasteiger partial charge in [-0.25, -0.2) is 0 Å². The summed E-state index contributed by atoms with van der Waals surface area (Å²) < 4.78 is 0. The Hall–Kier alpha value is -0.830. The molecule has 0 fully saturated rings. The van der Waals surface area contributed by atoms with Crippen molar-refractivity contribution in [1.82, 2.24) is 4.90 Å². The lowest BCUT2D eigenvalue weighted by atomic mass is 10.3. The standard InChI is InChI=1S/C8H15NO2/c1-4-9(5-6-10)8(11)7(2)3/h10H,2,4-6H2,1,3H3. The van der Waals surface area contributed by atoms with Crippen molar-refractivity contribution in [2.45, 2.75) is 13.8 Å². The molecule has 0 aliphatic heterocycles. The number of likely N-dealkylation sites (N-methyl/N-ethyl adjacent to an activating group) is 1. The lowest BCUT2D eigenvalue weighted by Gasteiger charge is -2.19. The Bertz CT molecular complexity index is 154. The zero-order chi connectivity index (χ0) is 8.85. The smallest absolute Gasteiger partial charge is 0.248 e. The molecule has 0 heterocycles. The quantitative estimate of drug-likeness (QED) is 0.600. The highest BCUT2D eigenvalue weighted by atomic mass is 16.3. The van der Waals surface area contributed by atoms with E-state index in [2.05, 4.69) is 6.58 Å². The average molecular weight is 157 g/mol. The van der Waals surface area contributed by atoms with Crippen LogP contribution in [0.1, 0.15) is 13.8 Å². The number of carbonyl (C=O) groups excluding carboxylic acids is 1. The molecular formula is C8H15NO2. The van der Waals surface area contributed by atoms with Crippen LogP contribution in [-0.2, 0) is 4.79 Å². The number of aliphatic hydroxyl groups is 1. The fourth-order valence-electron chi connectivity index (χ4n) is 0.794. The van der Waals surface area contributed by atoms with Crippen molar-refractivity contribution >= 4 is 5.91 Å². The van der Waals surface area contributed by atoms with Gasteiger partial charge in [-0.15, -0.1) is 0 Å². The first-order valence-electron chi connectivity index (χ1n) is 3.69. The van der Waals surface area contributed by atoms with Crippen LogP contribution in [0.5, 0.6) is 0 Å². The molecule has 0 unspecified atom stereocenters. The minimum Gasteiger partial charge on any atom is -0.395 e. The lowest BCUT2D eigenvalue weighted by Crippen LogP contribution is -2.33. The van der Waals surface area contributed by atoms with Crippen molar-refractivity contribution in [3.8, 4) is 0 Å². The molecule has 11 heavy (non-hydrogen) atoms. The Morgan fingerprint density at radius 3 is 2.45 bits per heavy atom. The number of aliphatic hydroxyl groups excluding tert-OH is 1. The van der Waals surface area contributed by atoms with Gasteiger partial charge in [0.1, 0.15) is 0 Å². The van der Waals surface area contributed by atoms with Crippen molar-refractivity contribution in [2.75, 3.05) is 19.7 Å². The molecule has 0 aromatic rings. The predicted octanol–water partition coefficient (Wildman–Crippen LogP) is 0.403. The number of amides is 1. The van der Waals surface area contributed by atoms with Crippen LogP contribution in [0, 0.1) is 0 Å². The Labute approximate surface area is 67.3 Å². The lowest BCUT2D eigenvalue weighted by molar-refractivity contribution is -0.127. The van der Waals surface area contributed by atoms with Gasteiger partial charge in [0.25, 0.3) is 0 Å². The van der Waals surface area contributed by atoms with Crippen molar-refractivity contribution in [2.24, 2.45) is 0 Å². The molecular weight excluding hydrogens is 142 g/mol. The van der Waals surface area contributed by atoms with Crippen LogP contribution < -0.4 is 0 Å². The van der Waals surface area contributed by atoms with Crippen LogP contribution in [0.3, 0.4) is 0 Å². The number of carbonyl (C=O) groups is 1. The molecule has 1 N–H and O–H groups in total. The molecule has 0 atom stereocenters. The average Bonchev–Trinajstić information content (AvgIpc) is 1.98. The maximum atomic E-state index is 11.2. The third-order valence-electron chi connectivity index (χ3n) is 1.40. The fourth-order valence-corrected chi connectivity index (χ4v) is 0.794. The van der Waals surface area contributed by atoms with E-state index >= 15 is 0 Å². The van der Waals surface area contributed by atoms with Gasteiger partial charge in [0.2, 0.25) is 5.91 Å². The van der Waals surface area contributed by atoms with Gasteiger partial charge in [0, 0.05) is 18.7 Å². The molecule has 0 aliphatic carbocycles. The Morgan fingerprint density at radius 1 is 1.64 bits per heavy atom. The zero-order valence-electron chi connectivity index (χ0n) is 7.13. The molecule has 0 aliphatic rings. The van der Waals surface area contributed by atoms with Crippen LogP contribution in [-0.4, -0.2) is 35.6 Å². The second-order valence-electron chi connectivity index (χ2n) is 2.39. The summed E-state index contributed by atoms with van der Waals surface area (Å²) in [7, 11) is 0. The first kappa shape index (κ1) is 10.2. The molecule has 3 heteroatoms. The van der Waals surface area contributed by atoms with Crippen LogP contribution in [0.25, 0.3) is 0 Å². The van der Waals surface area contributed by atoms with Gasteiger partial charge in [-0.3, -0.25) is 4.79 Å². The van der Waals surface area contributed by atoms with E-state index in [0.717, 1.165) is 0 Å². The molecule has 1 amide bonds. The van der Waals surface area contributed by atoms with Crippen molar-refractivity contribution in [3.63, 3.8) is 0 Å². The minimum absolute atomic E-state index is 0.00681. The molecule has 0 radical (unpaired) electrons. The molecule has 0 saturated carbocycles. The van der Waals surface area contributed by atoms with Crippen LogP contribution in [0.2, 0.25) is 0 Å². The summed E-state index contributed by atoms with van der Waals surface area (Å²) in [5.74, 6) is -0.0819. The van der Waals surface area contributed by atoms with E-state index in [9.17, 15) is 4.79 Å². The van der Waals surface area contributed by atoms with E-state index in [4.69, 9.17) is 5.11 Å². The van der Waals surface area contributed by atoms with Gasteiger partial charge in [-0.05, 0) is 13.8 Å². The summed E-state index contributed by atoms with van der Waals surface area (Å²) in [5, 5.41) is 8.57. The third-order valence-corrected chi connectivity index (χ3v) is 1.40. The van der Waals surface area contributed by atoms with Crippen LogP contribution >= 0.6 is 0 Å². The molecule has 0 rings (SSSR count). The topological polar surface area (TPSA) is 40.5 Å². The Morgan fingerprint density at radius 2 is 2.18 bits per heavy atom. The molecule has 0 saturated heterocycles. The van der Waals surface area contributed by atoms with Crippen molar-refractivity contribution < 1.29 is 9.90 Å². The highest BCUT2D eigenvalue weighted by Gasteiger charge is 2.09. The summed E-state index contributed by atoms with van der Waals surface area (Å²) in [4.78, 5) is 12.7. The maximum Gasteiger partial charge on any atom is 0.248 e. The van der Waals surface area contributed by atoms with Crippen LogP contribution in [0.15, 0.2) is 12.2 Å². The van der Waals surface area contributed by atoms with E-state index in [0.29, 0.717) is 18.7 Å². The zero-order valence-corrected chi connectivity index (χ0v) is 7.13. The van der Waals surface area contributed by atoms with E-state index in [1.807, 2.05) is 6.92 Å². The monoisotopic (exact) mass is 157 g/mol. The fraction of sp³-hybridized carbons (Fsp3) is 0.625.